The summed E-state index contributed by atoms with van der Waals surface area (Å²) in [6, 6.07) is 17.0. The number of benzene rings is 2. The highest BCUT2D eigenvalue weighted by atomic mass is 16.5. The van der Waals surface area contributed by atoms with E-state index < -0.39 is 6.35 Å². The van der Waals surface area contributed by atoms with Crippen molar-refractivity contribution in [1.29, 1.82) is 0 Å². The van der Waals surface area contributed by atoms with E-state index in [-0.39, 0.29) is 5.95 Å². The minimum absolute atomic E-state index is 0.238. The molecule has 0 saturated heterocycles. The number of hydrogen-bond donors (Lipinski definition) is 4. The van der Waals surface area contributed by atoms with E-state index in [0.717, 1.165) is 28.3 Å². The standard InChI is InChI=1S/C19H21N5O2/c1-26-16-4-2-3-13(11-16)12-22-19(25)23-15-7-5-14(6-8-15)17-9-10-21-18(20)24-17/h2-11,19,22-23,25H,12H2,1H3,(H2,20,21,24). The largest absolute Gasteiger partial charge is 0.497 e. The van der Waals surface area contributed by atoms with Crippen molar-refractivity contribution < 1.29 is 9.84 Å². The van der Waals surface area contributed by atoms with Gasteiger partial charge in [0.15, 0.2) is 6.35 Å². The van der Waals surface area contributed by atoms with Crippen molar-refractivity contribution in [3.63, 3.8) is 0 Å². The van der Waals surface area contributed by atoms with Gasteiger partial charge >= 0.3 is 0 Å². The predicted octanol–water partition coefficient (Wildman–Crippen LogP) is 2.21. The molecule has 2 aromatic carbocycles. The first-order valence-electron chi connectivity index (χ1n) is 8.14. The molecule has 7 nitrogen and oxygen atoms in total. The molecule has 0 aliphatic carbocycles. The van der Waals surface area contributed by atoms with Crippen LogP contribution in [0.25, 0.3) is 11.3 Å². The van der Waals surface area contributed by atoms with Gasteiger partial charge in [0.05, 0.1) is 12.8 Å². The number of rotatable bonds is 7. The molecule has 1 atom stereocenters. The van der Waals surface area contributed by atoms with Crippen molar-refractivity contribution in [1.82, 2.24) is 15.3 Å². The number of anilines is 2. The number of nitrogens with zero attached hydrogens (tertiary/aromatic N) is 2. The number of hydrogen-bond acceptors (Lipinski definition) is 7. The molecule has 1 aromatic heterocycles. The first-order chi connectivity index (χ1) is 12.6. The van der Waals surface area contributed by atoms with Crippen molar-refractivity contribution in [3.8, 4) is 17.0 Å². The summed E-state index contributed by atoms with van der Waals surface area (Å²) in [6.45, 7) is 0.504. The average molecular weight is 351 g/mol. The zero-order valence-corrected chi connectivity index (χ0v) is 14.4. The molecule has 0 aliphatic rings. The molecule has 0 aliphatic heterocycles. The van der Waals surface area contributed by atoms with Gasteiger partial charge in [-0.2, -0.15) is 0 Å². The van der Waals surface area contributed by atoms with Crippen LogP contribution in [0.2, 0.25) is 0 Å². The van der Waals surface area contributed by atoms with Crippen LogP contribution in [-0.4, -0.2) is 28.5 Å². The molecule has 3 aromatic rings. The third-order valence-electron chi connectivity index (χ3n) is 3.79. The van der Waals surface area contributed by atoms with Gasteiger partial charge in [0.2, 0.25) is 5.95 Å². The Morgan fingerprint density at radius 2 is 1.96 bits per heavy atom. The van der Waals surface area contributed by atoms with Gasteiger partial charge in [-0.25, -0.2) is 9.97 Å². The van der Waals surface area contributed by atoms with Crippen molar-refractivity contribution in [2.45, 2.75) is 12.9 Å². The molecule has 134 valence electrons. The highest BCUT2D eigenvalue weighted by Gasteiger charge is 2.05. The summed E-state index contributed by atoms with van der Waals surface area (Å²) in [6.07, 6.45) is 0.734. The van der Waals surface area contributed by atoms with E-state index in [2.05, 4.69) is 20.6 Å². The Bertz CT molecular complexity index is 855. The lowest BCUT2D eigenvalue weighted by molar-refractivity contribution is 0.163. The van der Waals surface area contributed by atoms with E-state index in [0.29, 0.717) is 6.54 Å². The number of methoxy groups -OCH3 is 1. The molecule has 0 amide bonds. The molecule has 3 rings (SSSR count). The molecule has 0 radical (unpaired) electrons. The Morgan fingerprint density at radius 1 is 1.15 bits per heavy atom. The third-order valence-corrected chi connectivity index (χ3v) is 3.79. The quantitative estimate of drug-likeness (QED) is 0.484. The smallest absolute Gasteiger partial charge is 0.220 e. The SMILES string of the molecule is COc1cccc(CNC(O)Nc2ccc(-c3ccnc(N)n3)cc2)c1. The zero-order valence-electron chi connectivity index (χ0n) is 14.4. The van der Waals surface area contributed by atoms with Gasteiger partial charge in [0.1, 0.15) is 5.75 Å². The molecule has 1 heterocycles. The van der Waals surface area contributed by atoms with Crippen LogP contribution in [0.1, 0.15) is 5.56 Å². The van der Waals surface area contributed by atoms with Crippen LogP contribution < -0.4 is 21.1 Å². The zero-order chi connectivity index (χ0) is 18.4. The van der Waals surface area contributed by atoms with Crippen LogP contribution in [0.3, 0.4) is 0 Å². The lowest BCUT2D eigenvalue weighted by atomic mass is 10.1. The van der Waals surface area contributed by atoms with Crippen LogP contribution in [0.5, 0.6) is 5.75 Å². The van der Waals surface area contributed by atoms with Crippen LogP contribution >= 0.6 is 0 Å². The van der Waals surface area contributed by atoms with E-state index in [1.54, 1.807) is 19.4 Å². The van der Waals surface area contributed by atoms with Crippen LogP contribution in [0.4, 0.5) is 11.6 Å². The van der Waals surface area contributed by atoms with Gasteiger partial charge in [0.25, 0.3) is 0 Å². The summed E-state index contributed by atoms with van der Waals surface area (Å²) in [7, 11) is 1.63. The maximum atomic E-state index is 10.1. The lowest BCUT2D eigenvalue weighted by Crippen LogP contribution is -2.35. The molecule has 26 heavy (non-hydrogen) atoms. The Labute approximate surface area is 151 Å². The number of ether oxygens (including phenoxy) is 1. The molecule has 0 saturated carbocycles. The van der Waals surface area contributed by atoms with Gasteiger partial charge in [-0.05, 0) is 35.9 Å². The van der Waals surface area contributed by atoms with Gasteiger partial charge in [0, 0.05) is 24.0 Å². The molecule has 1 unspecified atom stereocenters. The maximum Gasteiger partial charge on any atom is 0.220 e. The maximum absolute atomic E-state index is 10.1. The Kier molecular flexibility index (Phi) is 5.62. The topological polar surface area (TPSA) is 105 Å². The summed E-state index contributed by atoms with van der Waals surface area (Å²) in [5.41, 5.74) is 9.07. The van der Waals surface area contributed by atoms with Crippen LogP contribution in [0, 0.1) is 0 Å². The minimum atomic E-state index is -0.887. The van der Waals surface area contributed by atoms with E-state index >= 15 is 0 Å². The fourth-order valence-electron chi connectivity index (χ4n) is 2.48. The summed E-state index contributed by atoms with van der Waals surface area (Å²) < 4.78 is 5.19. The summed E-state index contributed by atoms with van der Waals surface area (Å²) in [4.78, 5) is 8.07. The van der Waals surface area contributed by atoms with Crippen LogP contribution in [0.15, 0.2) is 60.8 Å². The van der Waals surface area contributed by atoms with Gasteiger partial charge in [-0.15, -0.1) is 0 Å². The summed E-state index contributed by atoms with van der Waals surface area (Å²) in [5, 5.41) is 16.1. The van der Waals surface area contributed by atoms with E-state index in [9.17, 15) is 5.11 Å². The second-order valence-electron chi connectivity index (χ2n) is 5.66. The van der Waals surface area contributed by atoms with Gasteiger partial charge in [-0.1, -0.05) is 24.3 Å². The van der Waals surface area contributed by atoms with Gasteiger partial charge in [-0.3, -0.25) is 5.32 Å². The Morgan fingerprint density at radius 3 is 2.69 bits per heavy atom. The normalized spacial score (nSPS) is 11.8. The van der Waals surface area contributed by atoms with Crippen molar-refractivity contribution in [3.05, 3.63) is 66.4 Å². The fraction of sp³-hybridized carbons (Fsp3) is 0.158. The number of nitrogen functional groups attached to an aromatic ring is 1. The van der Waals surface area contributed by atoms with Crippen molar-refractivity contribution in [2.75, 3.05) is 18.2 Å². The van der Waals surface area contributed by atoms with Crippen molar-refractivity contribution in [2.24, 2.45) is 0 Å². The molecular formula is C19H21N5O2. The van der Waals surface area contributed by atoms with E-state index in [1.807, 2.05) is 48.5 Å². The number of aliphatic hydroxyl groups excluding tert-OH is 1. The number of aromatic nitrogens is 2. The highest BCUT2D eigenvalue weighted by Crippen LogP contribution is 2.20. The molecule has 0 bridgehead atoms. The number of aliphatic hydroxyl groups is 1. The molecule has 7 heteroatoms. The lowest BCUT2D eigenvalue weighted by Gasteiger charge is -2.16. The van der Waals surface area contributed by atoms with Crippen molar-refractivity contribution >= 4 is 11.6 Å². The Hall–Kier alpha value is -3.16. The molecule has 0 fully saturated rings. The first-order valence-corrected chi connectivity index (χ1v) is 8.14. The average Bonchev–Trinajstić information content (AvgIpc) is 2.67. The molecule has 5 N–H and O–H groups in total. The van der Waals surface area contributed by atoms with Gasteiger partial charge < -0.3 is 20.9 Å². The molecular weight excluding hydrogens is 330 g/mol. The highest BCUT2D eigenvalue weighted by molar-refractivity contribution is 5.63. The third kappa shape index (κ3) is 4.69. The number of nitrogens with one attached hydrogen (secondary N) is 2. The first kappa shape index (κ1) is 17.7. The van der Waals surface area contributed by atoms with E-state index in [1.165, 1.54) is 0 Å². The van der Waals surface area contributed by atoms with Crippen LogP contribution in [-0.2, 0) is 6.54 Å². The second kappa shape index (κ2) is 8.28. The summed E-state index contributed by atoms with van der Waals surface area (Å²) in [5.74, 6) is 1.02. The van der Waals surface area contributed by atoms with E-state index in [4.69, 9.17) is 10.5 Å². The molecule has 0 spiro atoms. The minimum Gasteiger partial charge on any atom is -0.497 e. The second-order valence-corrected chi connectivity index (χ2v) is 5.66. The number of nitrogens with two attached hydrogens (primary N) is 1. The fourth-order valence-corrected chi connectivity index (χ4v) is 2.48. The predicted molar refractivity (Wildman–Crippen MR) is 101 cm³/mol. The summed E-state index contributed by atoms with van der Waals surface area (Å²) >= 11 is 0. The Balaban J connectivity index is 1.56. The monoisotopic (exact) mass is 351 g/mol.